The van der Waals surface area contributed by atoms with Gasteiger partial charge in [0.25, 0.3) is 0 Å². The highest BCUT2D eigenvalue weighted by atomic mass is 16.7. The van der Waals surface area contributed by atoms with E-state index in [0.29, 0.717) is 39.4 Å². The van der Waals surface area contributed by atoms with Crippen LogP contribution in [0.25, 0.3) is 22.3 Å². The van der Waals surface area contributed by atoms with E-state index >= 15 is 0 Å². The summed E-state index contributed by atoms with van der Waals surface area (Å²) in [6.45, 7) is 0.156. The first-order valence-corrected chi connectivity index (χ1v) is 7.29. The number of aliphatic carboxylic acids is 1. The fraction of sp³-hybridized carbons (Fsp3) is 0.111. The molecule has 6 nitrogen and oxygen atoms in total. The van der Waals surface area contributed by atoms with E-state index in [1.165, 1.54) is 6.07 Å². The predicted molar refractivity (Wildman–Crippen MR) is 85.4 cm³/mol. The number of benzene rings is 2. The highest BCUT2D eigenvalue weighted by Gasteiger charge is 2.17. The van der Waals surface area contributed by atoms with Crippen LogP contribution in [-0.2, 0) is 11.2 Å². The highest BCUT2D eigenvalue weighted by Crippen LogP contribution is 2.36. The zero-order valence-corrected chi connectivity index (χ0v) is 12.4. The number of carbonyl (C=O) groups is 1. The maximum Gasteiger partial charge on any atom is 0.307 e. The molecule has 120 valence electrons. The highest BCUT2D eigenvalue weighted by molar-refractivity contribution is 5.85. The molecule has 3 aromatic rings. The summed E-state index contributed by atoms with van der Waals surface area (Å²) >= 11 is 0. The zero-order valence-electron chi connectivity index (χ0n) is 12.4. The van der Waals surface area contributed by atoms with Crippen LogP contribution >= 0.6 is 0 Å². The van der Waals surface area contributed by atoms with Crippen molar-refractivity contribution >= 4 is 16.9 Å². The number of fused-ring (bicyclic) bond motifs is 2. The summed E-state index contributed by atoms with van der Waals surface area (Å²) in [6, 6.07) is 11.5. The van der Waals surface area contributed by atoms with Crippen LogP contribution in [0.4, 0.5) is 0 Å². The van der Waals surface area contributed by atoms with Crippen molar-refractivity contribution in [1.29, 1.82) is 0 Å². The molecular weight excluding hydrogens is 312 g/mol. The topological polar surface area (TPSA) is 86.0 Å². The Balaban J connectivity index is 1.90. The van der Waals surface area contributed by atoms with Crippen LogP contribution in [0.1, 0.15) is 5.56 Å². The van der Waals surface area contributed by atoms with Crippen molar-refractivity contribution in [2.24, 2.45) is 0 Å². The molecule has 0 fully saturated rings. The minimum Gasteiger partial charge on any atom is -0.481 e. The van der Waals surface area contributed by atoms with E-state index in [-0.39, 0.29) is 18.6 Å². The predicted octanol–water partition coefficient (Wildman–Crippen LogP) is 2.82. The fourth-order valence-corrected chi connectivity index (χ4v) is 2.73. The van der Waals surface area contributed by atoms with Crippen LogP contribution in [-0.4, -0.2) is 17.9 Å². The van der Waals surface area contributed by atoms with Crippen LogP contribution in [0.3, 0.4) is 0 Å². The molecule has 0 amide bonds. The van der Waals surface area contributed by atoms with Gasteiger partial charge in [-0.05, 0) is 24.3 Å². The Morgan fingerprint density at radius 3 is 2.75 bits per heavy atom. The molecule has 1 N–H and O–H groups in total. The lowest BCUT2D eigenvalue weighted by atomic mass is 10.1. The molecule has 4 rings (SSSR count). The Kier molecular flexibility index (Phi) is 3.23. The van der Waals surface area contributed by atoms with Crippen LogP contribution in [0.2, 0.25) is 0 Å². The van der Waals surface area contributed by atoms with Gasteiger partial charge in [0.2, 0.25) is 6.79 Å². The van der Waals surface area contributed by atoms with E-state index in [4.69, 9.17) is 19.0 Å². The van der Waals surface area contributed by atoms with Crippen molar-refractivity contribution in [1.82, 2.24) is 0 Å². The summed E-state index contributed by atoms with van der Waals surface area (Å²) < 4.78 is 16.5. The second kappa shape index (κ2) is 5.42. The van der Waals surface area contributed by atoms with Crippen molar-refractivity contribution in [3.8, 4) is 22.8 Å². The van der Waals surface area contributed by atoms with Crippen molar-refractivity contribution in [3.63, 3.8) is 0 Å². The average Bonchev–Trinajstić information content (AvgIpc) is 3.02. The smallest absolute Gasteiger partial charge is 0.307 e. The number of ether oxygens (including phenoxy) is 2. The molecule has 0 bridgehead atoms. The Morgan fingerprint density at radius 2 is 1.92 bits per heavy atom. The molecule has 2 aromatic carbocycles. The Morgan fingerprint density at radius 1 is 1.08 bits per heavy atom. The van der Waals surface area contributed by atoms with Crippen molar-refractivity contribution in [3.05, 3.63) is 58.3 Å². The van der Waals surface area contributed by atoms with Gasteiger partial charge in [-0.2, -0.15) is 0 Å². The van der Waals surface area contributed by atoms with Gasteiger partial charge in [0.1, 0.15) is 11.3 Å². The maximum atomic E-state index is 12.4. The van der Waals surface area contributed by atoms with Gasteiger partial charge >= 0.3 is 5.97 Å². The molecular formula is C18H12O6. The molecule has 0 spiro atoms. The Bertz CT molecular complexity index is 1020. The number of carboxylic acid groups (broad SMARTS) is 1. The second-order valence-electron chi connectivity index (χ2n) is 5.41. The van der Waals surface area contributed by atoms with Gasteiger partial charge in [0, 0.05) is 17.2 Å². The first kappa shape index (κ1) is 14.3. The van der Waals surface area contributed by atoms with Crippen LogP contribution < -0.4 is 14.9 Å². The molecule has 0 aliphatic carbocycles. The third-order valence-corrected chi connectivity index (χ3v) is 3.84. The van der Waals surface area contributed by atoms with Crippen molar-refractivity contribution in [2.75, 3.05) is 6.79 Å². The van der Waals surface area contributed by atoms with E-state index in [0.717, 1.165) is 0 Å². The Hall–Kier alpha value is -3.28. The lowest BCUT2D eigenvalue weighted by Gasteiger charge is -2.07. The first-order valence-electron chi connectivity index (χ1n) is 7.29. The van der Waals surface area contributed by atoms with E-state index in [2.05, 4.69) is 0 Å². The monoisotopic (exact) mass is 324 g/mol. The first-order chi connectivity index (χ1) is 11.6. The normalized spacial score (nSPS) is 12.5. The third kappa shape index (κ3) is 2.38. The van der Waals surface area contributed by atoms with Gasteiger partial charge in [-0.1, -0.05) is 12.1 Å². The molecule has 0 saturated heterocycles. The molecule has 24 heavy (non-hydrogen) atoms. The average molecular weight is 324 g/mol. The summed E-state index contributed by atoms with van der Waals surface area (Å²) in [5, 5.41) is 9.40. The summed E-state index contributed by atoms with van der Waals surface area (Å²) in [7, 11) is 0. The van der Waals surface area contributed by atoms with Crippen molar-refractivity contribution < 1.29 is 23.8 Å². The van der Waals surface area contributed by atoms with Gasteiger partial charge in [-0.3, -0.25) is 9.59 Å². The number of hydrogen-bond donors (Lipinski definition) is 1. The molecule has 0 unspecified atom stereocenters. The number of hydrogen-bond acceptors (Lipinski definition) is 5. The van der Waals surface area contributed by atoms with Crippen LogP contribution in [0.5, 0.6) is 11.5 Å². The lowest BCUT2D eigenvalue weighted by Crippen LogP contribution is -2.05. The molecule has 6 heteroatoms. The summed E-state index contributed by atoms with van der Waals surface area (Å²) in [6.07, 6.45) is -0.217. The molecule has 2 heterocycles. The van der Waals surface area contributed by atoms with Gasteiger partial charge in [0.05, 0.1) is 11.8 Å². The third-order valence-electron chi connectivity index (χ3n) is 3.84. The Labute approximate surface area is 135 Å². The minimum atomic E-state index is -0.987. The quantitative estimate of drug-likeness (QED) is 0.797. The van der Waals surface area contributed by atoms with E-state index in [1.54, 1.807) is 36.4 Å². The summed E-state index contributed by atoms with van der Waals surface area (Å²) in [5.74, 6) is 0.574. The molecule has 0 radical (unpaired) electrons. The second-order valence-corrected chi connectivity index (χ2v) is 5.41. The van der Waals surface area contributed by atoms with E-state index in [9.17, 15) is 9.59 Å². The van der Waals surface area contributed by atoms with Crippen LogP contribution in [0, 0.1) is 0 Å². The largest absolute Gasteiger partial charge is 0.481 e. The summed E-state index contributed by atoms with van der Waals surface area (Å²) in [5.41, 5.74) is 1.18. The molecule has 0 saturated carbocycles. The van der Waals surface area contributed by atoms with Gasteiger partial charge in [-0.25, -0.2) is 0 Å². The van der Waals surface area contributed by atoms with E-state index in [1.807, 2.05) is 0 Å². The SMILES string of the molecule is O=C(O)Cc1cccc2c(=O)cc(-c3ccc4c(c3)OCO4)oc12. The minimum absolute atomic E-state index is 0.156. The number of rotatable bonds is 3. The standard InChI is InChI=1S/C18H12O6/c19-13-8-15(10-4-5-14-16(6-10)23-9-22-14)24-18-11(7-17(20)21)2-1-3-12(13)18/h1-6,8H,7,9H2,(H,20,21). The van der Waals surface area contributed by atoms with Crippen molar-refractivity contribution in [2.45, 2.75) is 6.42 Å². The van der Waals surface area contributed by atoms with Gasteiger partial charge < -0.3 is 19.0 Å². The zero-order chi connectivity index (χ0) is 16.7. The molecule has 1 aliphatic heterocycles. The van der Waals surface area contributed by atoms with E-state index < -0.39 is 5.97 Å². The van der Waals surface area contributed by atoms with Gasteiger partial charge in [0.15, 0.2) is 16.9 Å². The number of carboxylic acids is 1. The summed E-state index contributed by atoms with van der Waals surface area (Å²) in [4.78, 5) is 23.4. The molecule has 0 atom stereocenters. The lowest BCUT2D eigenvalue weighted by molar-refractivity contribution is -0.136. The van der Waals surface area contributed by atoms with Crippen LogP contribution in [0.15, 0.2) is 51.7 Å². The fourth-order valence-electron chi connectivity index (χ4n) is 2.73. The molecule has 1 aliphatic rings. The van der Waals surface area contributed by atoms with Gasteiger partial charge in [-0.15, -0.1) is 0 Å². The maximum absolute atomic E-state index is 12.4. The number of para-hydroxylation sites is 1. The molecule has 1 aromatic heterocycles.